The Morgan fingerprint density at radius 1 is 1.52 bits per heavy atom. The number of thioether (sulfide) groups is 1. The summed E-state index contributed by atoms with van der Waals surface area (Å²) in [7, 11) is 2.09. The fourth-order valence-corrected chi connectivity index (χ4v) is 2.51. The second-order valence-corrected chi connectivity index (χ2v) is 5.79. The maximum Gasteiger partial charge on any atom is 0.328 e. The Balaban J connectivity index is 2.45. The monoisotopic (exact) mass is 309 g/mol. The largest absolute Gasteiger partial charge is 0.492 e. The summed E-state index contributed by atoms with van der Waals surface area (Å²) in [5.74, 6) is 0.908. The minimum atomic E-state index is -0.953. The van der Waals surface area contributed by atoms with E-state index in [1.165, 1.54) is 0 Å². The van der Waals surface area contributed by atoms with Crippen LogP contribution >= 0.6 is 11.8 Å². The number of nitrogens with zero attached hydrogens (tertiary/aromatic N) is 1. The van der Waals surface area contributed by atoms with E-state index < -0.39 is 5.97 Å². The number of carboxylic acids is 1. The van der Waals surface area contributed by atoms with Gasteiger partial charge >= 0.3 is 5.97 Å². The Morgan fingerprint density at radius 3 is 2.95 bits per heavy atom. The molecule has 1 aromatic rings. The number of aliphatic carboxylic acids is 1. The zero-order chi connectivity index (χ0) is 15.7. The Hall–Kier alpha value is -1.46. The first kappa shape index (κ1) is 17.6. The average molecular weight is 309 g/mol. The van der Waals surface area contributed by atoms with Crippen LogP contribution in [-0.4, -0.2) is 54.2 Å². The van der Waals surface area contributed by atoms with E-state index in [9.17, 15) is 4.79 Å². The van der Waals surface area contributed by atoms with E-state index >= 15 is 0 Å². The quantitative estimate of drug-likeness (QED) is 0.711. The molecule has 0 aromatic heterocycles. The molecule has 1 rings (SSSR count). The molecule has 0 spiro atoms. The van der Waals surface area contributed by atoms with E-state index in [0.29, 0.717) is 12.6 Å². The molecule has 1 aromatic carbocycles. The van der Waals surface area contributed by atoms with Crippen LogP contribution in [0.5, 0.6) is 5.75 Å². The van der Waals surface area contributed by atoms with Gasteiger partial charge in [0.2, 0.25) is 0 Å². The highest BCUT2D eigenvalue weighted by Crippen LogP contribution is 2.14. The Labute approximate surface area is 130 Å². The summed E-state index contributed by atoms with van der Waals surface area (Å²) in [6.07, 6.45) is 4.79. The number of ether oxygens (including phenoxy) is 1. The van der Waals surface area contributed by atoms with Crippen molar-refractivity contribution in [3.63, 3.8) is 0 Å². The highest BCUT2D eigenvalue weighted by molar-refractivity contribution is 7.98. The summed E-state index contributed by atoms with van der Waals surface area (Å²) in [6.45, 7) is 3.67. The van der Waals surface area contributed by atoms with Gasteiger partial charge in [-0.1, -0.05) is 12.1 Å². The van der Waals surface area contributed by atoms with E-state index in [2.05, 4.69) is 25.1 Å². The number of benzene rings is 1. The number of hydrogen-bond donors (Lipinski definition) is 1. The number of carboxylic acid groups (broad SMARTS) is 1. The van der Waals surface area contributed by atoms with E-state index in [0.717, 1.165) is 29.7 Å². The second-order valence-electron chi connectivity index (χ2n) is 4.88. The fourth-order valence-electron chi connectivity index (χ4n) is 1.77. The zero-order valence-corrected chi connectivity index (χ0v) is 13.6. The van der Waals surface area contributed by atoms with E-state index in [4.69, 9.17) is 9.84 Å². The van der Waals surface area contributed by atoms with Crippen molar-refractivity contribution in [1.82, 2.24) is 4.90 Å². The molecule has 0 aliphatic rings. The van der Waals surface area contributed by atoms with Gasteiger partial charge in [0, 0.05) is 24.4 Å². The first-order valence-electron chi connectivity index (χ1n) is 6.86. The molecule has 0 aliphatic carbocycles. The van der Waals surface area contributed by atoms with Crippen LogP contribution in [0.4, 0.5) is 0 Å². The molecule has 1 N–H and O–H groups in total. The predicted octanol–water partition coefficient (Wildman–Crippen LogP) is 2.85. The maximum atomic E-state index is 10.5. The molecule has 0 heterocycles. The lowest BCUT2D eigenvalue weighted by atomic mass is 10.2. The van der Waals surface area contributed by atoms with Crippen molar-refractivity contribution in [2.75, 3.05) is 32.2 Å². The van der Waals surface area contributed by atoms with Crippen molar-refractivity contribution in [3.8, 4) is 5.75 Å². The van der Waals surface area contributed by atoms with Gasteiger partial charge in [0.05, 0.1) is 0 Å². The lowest BCUT2D eigenvalue weighted by Gasteiger charge is -2.23. The van der Waals surface area contributed by atoms with Gasteiger partial charge in [-0.05, 0) is 44.0 Å². The zero-order valence-electron chi connectivity index (χ0n) is 12.8. The summed E-state index contributed by atoms with van der Waals surface area (Å²) in [6, 6.07) is 7.94. The Morgan fingerprint density at radius 2 is 2.29 bits per heavy atom. The van der Waals surface area contributed by atoms with Crippen molar-refractivity contribution in [1.29, 1.82) is 0 Å². The molecule has 0 aliphatic heterocycles. The topological polar surface area (TPSA) is 49.8 Å². The van der Waals surface area contributed by atoms with Gasteiger partial charge in [0.25, 0.3) is 0 Å². The van der Waals surface area contributed by atoms with Crippen LogP contribution in [0, 0.1) is 0 Å². The number of hydrogen-bond acceptors (Lipinski definition) is 4. The van der Waals surface area contributed by atoms with Crippen molar-refractivity contribution in [2.45, 2.75) is 13.0 Å². The molecule has 5 heteroatoms. The third-order valence-corrected chi connectivity index (χ3v) is 3.97. The molecule has 21 heavy (non-hydrogen) atoms. The molecule has 0 saturated carbocycles. The van der Waals surface area contributed by atoms with Crippen molar-refractivity contribution >= 4 is 23.8 Å². The minimum absolute atomic E-state index is 0.522. The molecule has 1 unspecified atom stereocenters. The van der Waals surface area contributed by atoms with Gasteiger partial charge in [0.1, 0.15) is 12.4 Å². The Bertz CT molecular complexity index is 476. The van der Waals surface area contributed by atoms with Gasteiger partial charge in [-0.2, -0.15) is 11.8 Å². The van der Waals surface area contributed by atoms with Crippen LogP contribution in [-0.2, 0) is 4.79 Å². The maximum absolute atomic E-state index is 10.5. The SMILES string of the molecule is CSCC(C)N(C)CCOc1cccc(/C=C/C(=O)O)c1. The summed E-state index contributed by atoms with van der Waals surface area (Å²) in [5.41, 5.74) is 0.819. The smallest absolute Gasteiger partial charge is 0.328 e. The summed E-state index contributed by atoms with van der Waals surface area (Å²) in [5, 5.41) is 8.62. The standard InChI is InChI=1S/C16H23NO3S/c1-13(12-21-3)17(2)9-10-20-15-6-4-5-14(11-15)7-8-16(18)19/h4-8,11,13H,9-10,12H2,1-3H3,(H,18,19)/b8-7+. The van der Waals surface area contributed by atoms with Gasteiger partial charge < -0.3 is 9.84 Å². The van der Waals surface area contributed by atoms with Gasteiger partial charge in [-0.3, -0.25) is 4.90 Å². The normalized spacial score (nSPS) is 12.8. The molecule has 0 saturated heterocycles. The number of rotatable bonds is 9. The van der Waals surface area contributed by atoms with Gasteiger partial charge in [-0.25, -0.2) is 4.79 Å². The third kappa shape index (κ3) is 7.20. The highest BCUT2D eigenvalue weighted by atomic mass is 32.2. The lowest BCUT2D eigenvalue weighted by Crippen LogP contribution is -2.34. The summed E-state index contributed by atoms with van der Waals surface area (Å²) in [4.78, 5) is 12.8. The van der Waals surface area contributed by atoms with Crippen LogP contribution in [0.2, 0.25) is 0 Å². The van der Waals surface area contributed by atoms with E-state index in [-0.39, 0.29) is 0 Å². The molecule has 1 atom stereocenters. The molecular formula is C16H23NO3S. The van der Waals surface area contributed by atoms with E-state index in [1.807, 2.05) is 36.0 Å². The average Bonchev–Trinajstić information content (AvgIpc) is 2.45. The van der Waals surface area contributed by atoms with Crippen LogP contribution in [0.25, 0.3) is 6.08 Å². The molecule has 0 fully saturated rings. The first-order valence-corrected chi connectivity index (χ1v) is 8.25. The predicted molar refractivity (Wildman–Crippen MR) is 89.1 cm³/mol. The van der Waals surface area contributed by atoms with E-state index in [1.54, 1.807) is 6.08 Å². The van der Waals surface area contributed by atoms with Crippen LogP contribution < -0.4 is 4.74 Å². The van der Waals surface area contributed by atoms with Crippen LogP contribution in [0.3, 0.4) is 0 Å². The minimum Gasteiger partial charge on any atom is -0.492 e. The molecular weight excluding hydrogens is 286 g/mol. The second kappa shape index (κ2) is 9.47. The molecule has 0 radical (unpaired) electrons. The van der Waals surface area contributed by atoms with Crippen molar-refractivity contribution in [2.24, 2.45) is 0 Å². The van der Waals surface area contributed by atoms with Gasteiger partial charge in [-0.15, -0.1) is 0 Å². The fraction of sp³-hybridized carbons (Fsp3) is 0.438. The molecule has 0 amide bonds. The summed E-state index contributed by atoms with van der Waals surface area (Å²) >= 11 is 1.84. The van der Waals surface area contributed by atoms with Crippen LogP contribution in [0.15, 0.2) is 30.3 Å². The van der Waals surface area contributed by atoms with Crippen LogP contribution in [0.1, 0.15) is 12.5 Å². The van der Waals surface area contributed by atoms with Gasteiger partial charge in [0.15, 0.2) is 0 Å². The summed E-state index contributed by atoms with van der Waals surface area (Å²) < 4.78 is 5.72. The van der Waals surface area contributed by atoms with Crippen molar-refractivity contribution in [3.05, 3.63) is 35.9 Å². The lowest BCUT2D eigenvalue weighted by molar-refractivity contribution is -0.131. The number of likely N-dealkylation sites (N-methyl/N-ethyl adjacent to an activating group) is 1. The van der Waals surface area contributed by atoms with Crippen molar-refractivity contribution < 1.29 is 14.6 Å². The Kier molecular flexibility index (Phi) is 7.93. The molecule has 116 valence electrons. The first-order chi connectivity index (χ1) is 10.0. The molecule has 0 bridgehead atoms. The molecule has 4 nitrogen and oxygen atoms in total. The number of carbonyl (C=O) groups is 1. The third-order valence-electron chi connectivity index (χ3n) is 3.15. The highest BCUT2D eigenvalue weighted by Gasteiger charge is 2.07.